The summed E-state index contributed by atoms with van der Waals surface area (Å²) in [6.07, 6.45) is -2.73. The lowest BCUT2D eigenvalue weighted by Gasteiger charge is -2.39. The van der Waals surface area contributed by atoms with Gasteiger partial charge < -0.3 is 29.7 Å². The number of ether oxygens (including phenoxy) is 1. The van der Waals surface area contributed by atoms with E-state index in [0.29, 0.717) is 63.5 Å². The van der Waals surface area contributed by atoms with Gasteiger partial charge in [0.1, 0.15) is 11.6 Å². The summed E-state index contributed by atoms with van der Waals surface area (Å²) in [4.78, 5) is 41.7. The van der Waals surface area contributed by atoms with Gasteiger partial charge in [0.05, 0.1) is 41.3 Å². The van der Waals surface area contributed by atoms with Crippen LogP contribution in [-0.4, -0.2) is 84.8 Å². The topological polar surface area (TPSA) is 107 Å². The van der Waals surface area contributed by atoms with Gasteiger partial charge in [-0.15, -0.1) is 0 Å². The van der Waals surface area contributed by atoms with E-state index >= 15 is 4.39 Å². The molecular formula is C27H29F4N7O3. The molecule has 14 heteroatoms. The largest absolute Gasteiger partial charge is 0.417 e. The molecule has 3 aromatic rings. The van der Waals surface area contributed by atoms with E-state index in [1.807, 2.05) is 23.8 Å². The lowest BCUT2D eigenvalue weighted by molar-refractivity contribution is -0.138. The highest BCUT2D eigenvalue weighted by atomic mass is 19.4. The number of piperazine rings is 1. The number of halogens is 4. The van der Waals surface area contributed by atoms with Gasteiger partial charge in [-0.05, 0) is 26.1 Å². The van der Waals surface area contributed by atoms with Crippen molar-refractivity contribution in [3.05, 3.63) is 64.0 Å². The molecule has 0 spiro atoms. The van der Waals surface area contributed by atoms with Crippen molar-refractivity contribution < 1.29 is 27.1 Å². The summed E-state index contributed by atoms with van der Waals surface area (Å²) in [5.41, 5.74) is -2.78. The number of amides is 1. The third kappa shape index (κ3) is 6.17. The summed E-state index contributed by atoms with van der Waals surface area (Å²) in [6.45, 7) is 5.88. The molecule has 1 amide bonds. The molecule has 0 saturated carbocycles. The Balaban J connectivity index is 1.56. The number of carbonyl (C=O) groups is 1. The summed E-state index contributed by atoms with van der Waals surface area (Å²) >= 11 is 0. The zero-order valence-corrected chi connectivity index (χ0v) is 22.5. The van der Waals surface area contributed by atoms with Crippen LogP contribution in [0, 0.1) is 5.82 Å². The molecule has 41 heavy (non-hydrogen) atoms. The number of pyridine rings is 1. The maximum Gasteiger partial charge on any atom is 0.417 e. The number of nitrogens with zero attached hydrogens (tertiary/aromatic N) is 5. The van der Waals surface area contributed by atoms with Crippen molar-refractivity contribution in [1.82, 2.24) is 19.9 Å². The molecule has 218 valence electrons. The van der Waals surface area contributed by atoms with Gasteiger partial charge in [0.25, 0.3) is 5.91 Å². The number of anilines is 3. The Morgan fingerprint density at radius 1 is 1.12 bits per heavy atom. The van der Waals surface area contributed by atoms with Crippen molar-refractivity contribution in [2.24, 2.45) is 0 Å². The maximum atomic E-state index is 15.7. The molecule has 4 heterocycles. The van der Waals surface area contributed by atoms with Crippen LogP contribution in [0.3, 0.4) is 0 Å². The van der Waals surface area contributed by atoms with E-state index in [-0.39, 0.29) is 23.1 Å². The second kappa shape index (κ2) is 11.4. The Bertz CT molecular complexity index is 1490. The van der Waals surface area contributed by atoms with Gasteiger partial charge >= 0.3 is 6.18 Å². The van der Waals surface area contributed by atoms with Crippen molar-refractivity contribution in [1.29, 1.82) is 0 Å². The third-order valence-corrected chi connectivity index (χ3v) is 7.33. The summed E-state index contributed by atoms with van der Waals surface area (Å²) < 4.78 is 62.1. The Hall–Kier alpha value is -4.04. The quantitative estimate of drug-likeness (QED) is 0.447. The van der Waals surface area contributed by atoms with E-state index in [1.54, 1.807) is 6.07 Å². The number of morpholine rings is 1. The lowest BCUT2D eigenvalue weighted by atomic mass is 10.1. The first-order valence-electron chi connectivity index (χ1n) is 13.1. The van der Waals surface area contributed by atoms with E-state index in [9.17, 15) is 22.8 Å². The van der Waals surface area contributed by atoms with Crippen LogP contribution >= 0.6 is 0 Å². The van der Waals surface area contributed by atoms with E-state index in [2.05, 4.69) is 25.2 Å². The van der Waals surface area contributed by atoms with Crippen LogP contribution in [0.15, 0.2) is 41.5 Å². The van der Waals surface area contributed by atoms with Gasteiger partial charge in [-0.25, -0.2) is 14.4 Å². The molecular weight excluding hydrogens is 546 g/mol. The molecule has 10 nitrogen and oxygen atoms in total. The van der Waals surface area contributed by atoms with Crippen LogP contribution in [-0.2, 0) is 10.9 Å². The molecule has 0 unspecified atom stereocenters. The Morgan fingerprint density at radius 2 is 1.88 bits per heavy atom. The first-order chi connectivity index (χ1) is 19.5. The fourth-order valence-corrected chi connectivity index (χ4v) is 4.89. The van der Waals surface area contributed by atoms with Gasteiger partial charge in [-0.3, -0.25) is 9.59 Å². The SMILES string of the molecule is C[C@H]1CN(c2cc(F)c(-c3nccc(N4CCOCC4)n3)cc2NC(=O)c2c[nH]c(=O)cc2C(F)(F)F)CCN1C. The highest BCUT2D eigenvalue weighted by Crippen LogP contribution is 2.36. The zero-order chi connectivity index (χ0) is 29.3. The van der Waals surface area contributed by atoms with E-state index in [0.717, 1.165) is 6.20 Å². The Morgan fingerprint density at radius 3 is 2.59 bits per heavy atom. The molecule has 1 aromatic carbocycles. The van der Waals surface area contributed by atoms with Crippen LogP contribution < -0.4 is 20.7 Å². The second-order valence-electron chi connectivity index (χ2n) is 10.0. The molecule has 2 fully saturated rings. The predicted molar refractivity (Wildman–Crippen MR) is 145 cm³/mol. The summed E-state index contributed by atoms with van der Waals surface area (Å²) in [7, 11) is 1.96. The number of carbonyl (C=O) groups excluding carboxylic acids is 1. The van der Waals surface area contributed by atoms with Gasteiger partial charge in [-0.2, -0.15) is 13.2 Å². The van der Waals surface area contributed by atoms with Gasteiger partial charge in [0, 0.05) is 63.3 Å². The first kappa shape index (κ1) is 28.5. The summed E-state index contributed by atoms with van der Waals surface area (Å²) in [5.74, 6) is -1.13. The average molecular weight is 576 g/mol. The number of benzene rings is 1. The van der Waals surface area contributed by atoms with E-state index in [4.69, 9.17) is 4.74 Å². The van der Waals surface area contributed by atoms with Crippen LogP contribution in [0.25, 0.3) is 11.4 Å². The zero-order valence-electron chi connectivity index (χ0n) is 22.5. The number of nitrogens with one attached hydrogen (secondary N) is 2. The number of hydrogen-bond acceptors (Lipinski definition) is 8. The molecule has 0 radical (unpaired) electrons. The van der Waals surface area contributed by atoms with Crippen LogP contribution in [0.1, 0.15) is 22.8 Å². The number of rotatable bonds is 5. The minimum atomic E-state index is -4.95. The Kier molecular flexibility index (Phi) is 7.95. The summed E-state index contributed by atoms with van der Waals surface area (Å²) in [5, 5.41) is 2.53. The third-order valence-electron chi connectivity index (χ3n) is 7.33. The molecule has 2 aliphatic heterocycles. The second-order valence-corrected chi connectivity index (χ2v) is 10.0. The van der Waals surface area contributed by atoms with Crippen molar-refractivity contribution >= 4 is 23.1 Å². The first-order valence-corrected chi connectivity index (χ1v) is 13.1. The number of likely N-dealkylation sites (N-methyl/N-ethyl adjacent to an activating group) is 1. The lowest BCUT2D eigenvalue weighted by Crippen LogP contribution is -2.50. The van der Waals surface area contributed by atoms with Gasteiger partial charge in [0.15, 0.2) is 5.82 Å². The standard InChI is InChI=1S/C27H29F4N7O3/c1-16-15-38(6-5-36(16)2)22-13-20(28)17(25-32-4-3-23(35-25)37-7-9-41-10-8-37)11-21(22)34-26(40)18-14-33-24(39)12-19(18)27(29,30)31/h3-4,11-14,16H,5-10,15H2,1-2H3,(H,33,39)(H,34,40)/t16-/m0/s1. The monoisotopic (exact) mass is 575 g/mol. The average Bonchev–Trinajstić information content (AvgIpc) is 2.95. The number of alkyl halides is 3. The molecule has 0 bridgehead atoms. The highest BCUT2D eigenvalue weighted by Gasteiger charge is 2.36. The van der Waals surface area contributed by atoms with Gasteiger partial charge in [0.2, 0.25) is 5.56 Å². The minimum Gasteiger partial charge on any atom is -0.378 e. The molecule has 2 aromatic heterocycles. The predicted octanol–water partition coefficient (Wildman–Crippen LogP) is 3.22. The van der Waals surface area contributed by atoms with E-state index in [1.165, 1.54) is 18.3 Å². The molecule has 2 aliphatic rings. The molecule has 5 rings (SSSR count). The van der Waals surface area contributed by atoms with Crippen LogP contribution in [0.5, 0.6) is 0 Å². The smallest absolute Gasteiger partial charge is 0.378 e. The fourth-order valence-electron chi connectivity index (χ4n) is 4.89. The van der Waals surface area contributed by atoms with Crippen LogP contribution in [0.4, 0.5) is 34.8 Å². The summed E-state index contributed by atoms with van der Waals surface area (Å²) in [6, 6.07) is 4.71. The molecule has 2 N–H and O–H groups in total. The molecule has 2 saturated heterocycles. The van der Waals surface area contributed by atoms with Crippen molar-refractivity contribution in [2.75, 3.05) is 68.1 Å². The van der Waals surface area contributed by atoms with Crippen molar-refractivity contribution in [2.45, 2.75) is 19.1 Å². The van der Waals surface area contributed by atoms with Crippen molar-refractivity contribution in [3.63, 3.8) is 0 Å². The normalized spacial score (nSPS) is 18.4. The minimum absolute atomic E-state index is 0.0288. The maximum absolute atomic E-state index is 15.7. The highest BCUT2D eigenvalue weighted by molar-refractivity contribution is 6.07. The van der Waals surface area contributed by atoms with E-state index < -0.39 is 34.6 Å². The number of H-pyrrole nitrogens is 1. The molecule has 1 atom stereocenters. The van der Waals surface area contributed by atoms with Crippen molar-refractivity contribution in [3.8, 4) is 11.4 Å². The number of aromatic amines is 1. The fraction of sp³-hybridized carbons (Fsp3) is 0.407. The number of hydrogen-bond donors (Lipinski definition) is 2. The van der Waals surface area contributed by atoms with Crippen LogP contribution in [0.2, 0.25) is 0 Å². The number of aromatic nitrogens is 3. The Labute approximate surface area is 233 Å². The van der Waals surface area contributed by atoms with Gasteiger partial charge in [-0.1, -0.05) is 0 Å². The molecule has 0 aliphatic carbocycles.